The summed E-state index contributed by atoms with van der Waals surface area (Å²) in [4.78, 5) is 23.4. The summed E-state index contributed by atoms with van der Waals surface area (Å²) in [5, 5.41) is 11.8. The molecule has 5 heteroatoms. The lowest BCUT2D eigenvalue weighted by Crippen LogP contribution is -2.58. The van der Waals surface area contributed by atoms with E-state index < -0.39 is 5.97 Å². The fourth-order valence-electron chi connectivity index (χ4n) is 1.84. The zero-order valence-electron chi connectivity index (χ0n) is 8.49. The number of carboxylic acid groups (broad SMARTS) is 1. The second kappa shape index (κ2) is 4.41. The van der Waals surface area contributed by atoms with Crippen LogP contribution in [0.1, 0.15) is 20.3 Å². The number of carbonyl (C=O) groups is 2. The van der Waals surface area contributed by atoms with Crippen LogP contribution in [0.15, 0.2) is 0 Å². The van der Waals surface area contributed by atoms with Crippen LogP contribution in [0, 0.1) is 0 Å². The summed E-state index contributed by atoms with van der Waals surface area (Å²) in [6, 6.07) is -0.178. The Morgan fingerprint density at radius 2 is 2.21 bits per heavy atom. The number of hydrogen-bond acceptors (Lipinski definition) is 3. The molecule has 2 atom stereocenters. The monoisotopic (exact) mass is 200 g/mol. The number of aliphatic carboxylic acids is 1. The highest BCUT2D eigenvalue weighted by Crippen LogP contribution is 2.12. The minimum Gasteiger partial charge on any atom is -0.481 e. The Morgan fingerprint density at radius 1 is 1.57 bits per heavy atom. The van der Waals surface area contributed by atoms with Crippen molar-refractivity contribution in [3.8, 4) is 0 Å². The van der Waals surface area contributed by atoms with Crippen LogP contribution in [0.25, 0.3) is 0 Å². The summed E-state index contributed by atoms with van der Waals surface area (Å²) in [5.41, 5.74) is 0. The molecule has 1 saturated heterocycles. The van der Waals surface area contributed by atoms with Crippen molar-refractivity contribution in [1.82, 2.24) is 10.2 Å². The van der Waals surface area contributed by atoms with Crippen LogP contribution in [-0.4, -0.2) is 47.1 Å². The highest BCUT2D eigenvalue weighted by atomic mass is 16.4. The molecule has 0 bridgehead atoms. The summed E-state index contributed by atoms with van der Waals surface area (Å²) >= 11 is 0. The van der Waals surface area contributed by atoms with E-state index in [0.29, 0.717) is 13.1 Å². The van der Waals surface area contributed by atoms with E-state index in [1.807, 2.05) is 6.92 Å². The van der Waals surface area contributed by atoms with Crippen molar-refractivity contribution < 1.29 is 14.7 Å². The van der Waals surface area contributed by atoms with E-state index in [0.717, 1.165) is 0 Å². The molecule has 0 aliphatic carbocycles. The molecule has 0 aromatic carbocycles. The highest BCUT2D eigenvalue weighted by Gasteiger charge is 2.30. The Balaban J connectivity index is 2.61. The number of carboxylic acids is 1. The highest BCUT2D eigenvalue weighted by molar-refractivity contribution is 5.74. The first-order valence-corrected chi connectivity index (χ1v) is 4.74. The van der Waals surface area contributed by atoms with Crippen molar-refractivity contribution in [1.29, 1.82) is 0 Å². The standard InChI is InChI=1S/C9H16N2O3/c1-6-8(5-9(13)14)10-3-4-11(6)7(2)12/h6,8,10H,3-5H2,1-2H3,(H,13,14)/t6-,8-/m0/s1. The molecular weight excluding hydrogens is 184 g/mol. The molecule has 0 aromatic rings. The lowest BCUT2D eigenvalue weighted by atomic mass is 10.0. The van der Waals surface area contributed by atoms with Crippen molar-refractivity contribution in [3.63, 3.8) is 0 Å². The normalized spacial score (nSPS) is 27.4. The third-order valence-electron chi connectivity index (χ3n) is 2.63. The maximum Gasteiger partial charge on any atom is 0.305 e. The molecule has 2 N–H and O–H groups in total. The molecule has 0 aromatic heterocycles. The zero-order chi connectivity index (χ0) is 10.7. The van der Waals surface area contributed by atoms with E-state index in [1.54, 1.807) is 4.90 Å². The predicted molar refractivity (Wildman–Crippen MR) is 50.9 cm³/mol. The fraction of sp³-hybridized carbons (Fsp3) is 0.778. The second-order valence-corrected chi connectivity index (χ2v) is 3.61. The minimum absolute atomic E-state index is 0.00869. The second-order valence-electron chi connectivity index (χ2n) is 3.61. The van der Waals surface area contributed by atoms with Gasteiger partial charge in [0.05, 0.1) is 6.42 Å². The maximum atomic E-state index is 11.2. The molecule has 0 spiro atoms. The van der Waals surface area contributed by atoms with E-state index in [4.69, 9.17) is 5.11 Å². The van der Waals surface area contributed by atoms with E-state index >= 15 is 0 Å². The minimum atomic E-state index is -0.834. The van der Waals surface area contributed by atoms with Gasteiger partial charge in [-0.1, -0.05) is 0 Å². The van der Waals surface area contributed by atoms with Crippen molar-refractivity contribution >= 4 is 11.9 Å². The van der Waals surface area contributed by atoms with Gasteiger partial charge in [-0.25, -0.2) is 0 Å². The van der Waals surface area contributed by atoms with Crippen LogP contribution in [-0.2, 0) is 9.59 Å². The molecule has 1 heterocycles. The third kappa shape index (κ3) is 2.45. The van der Waals surface area contributed by atoms with Gasteiger partial charge in [0.15, 0.2) is 0 Å². The van der Waals surface area contributed by atoms with Crippen molar-refractivity contribution in [2.45, 2.75) is 32.4 Å². The molecule has 1 amide bonds. The predicted octanol–water partition coefficient (Wildman–Crippen LogP) is -0.330. The third-order valence-corrected chi connectivity index (χ3v) is 2.63. The SMILES string of the molecule is CC(=O)N1CCN[C@@H](CC(=O)O)[C@@H]1C. The van der Waals surface area contributed by atoms with Crippen LogP contribution in [0.2, 0.25) is 0 Å². The number of amides is 1. The number of nitrogens with zero attached hydrogens (tertiary/aromatic N) is 1. The zero-order valence-corrected chi connectivity index (χ0v) is 8.49. The van der Waals surface area contributed by atoms with Gasteiger partial charge in [0.2, 0.25) is 5.91 Å². The Hall–Kier alpha value is -1.10. The number of carbonyl (C=O) groups excluding carboxylic acids is 1. The molecule has 1 rings (SSSR count). The van der Waals surface area contributed by atoms with Gasteiger partial charge in [0, 0.05) is 32.1 Å². The van der Waals surface area contributed by atoms with Gasteiger partial charge < -0.3 is 15.3 Å². The van der Waals surface area contributed by atoms with Crippen molar-refractivity contribution in [2.24, 2.45) is 0 Å². The number of rotatable bonds is 2. The Bertz CT molecular complexity index is 242. The Kier molecular flexibility index (Phi) is 3.46. The summed E-state index contributed by atoms with van der Waals surface area (Å²) in [6.45, 7) is 4.72. The van der Waals surface area contributed by atoms with E-state index in [1.165, 1.54) is 6.92 Å². The molecule has 14 heavy (non-hydrogen) atoms. The van der Waals surface area contributed by atoms with E-state index in [2.05, 4.69) is 5.32 Å². The molecule has 5 nitrogen and oxygen atoms in total. The Labute approximate surface area is 83.1 Å². The molecule has 0 saturated carbocycles. The van der Waals surface area contributed by atoms with Gasteiger partial charge >= 0.3 is 5.97 Å². The van der Waals surface area contributed by atoms with E-state index in [9.17, 15) is 9.59 Å². The maximum absolute atomic E-state index is 11.2. The van der Waals surface area contributed by atoms with Gasteiger partial charge in [-0.2, -0.15) is 0 Å². The lowest BCUT2D eigenvalue weighted by molar-refractivity contribution is -0.140. The summed E-state index contributed by atoms with van der Waals surface area (Å²) in [6.07, 6.45) is 0.0605. The summed E-state index contributed by atoms with van der Waals surface area (Å²) < 4.78 is 0. The largest absolute Gasteiger partial charge is 0.481 e. The van der Waals surface area contributed by atoms with Crippen LogP contribution in [0.3, 0.4) is 0 Å². The molecule has 1 aliphatic rings. The Morgan fingerprint density at radius 3 is 2.71 bits per heavy atom. The van der Waals surface area contributed by atoms with Crippen LogP contribution >= 0.6 is 0 Å². The first-order chi connectivity index (χ1) is 6.52. The van der Waals surface area contributed by atoms with Gasteiger partial charge in [-0.15, -0.1) is 0 Å². The molecule has 1 aliphatic heterocycles. The number of piperazine rings is 1. The number of nitrogens with one attached hydrogen (secondary N) is 1. The van der Waals surface area contributed by atoms with Gasteiger partial charge in [0.1, 0.15) is 0 Å². The molecule has 80 valence electrons. The number of hydrogen-bond donors (Lipinski definition) is 2. The molecule has 1 fully saturated rings. The first kappa shape index (κ1) is 11.0. The van der Waals surface area contributed by atoms with Crippen molar-refractivity contribution in [2.75, 3.05) is 13.1 Å². The smallest absolute Gasteiger partial charge is 0.305 e. The average molecular weight is 200 g/mol. The van der Waals surface area contributed by atoms with E-state index in [-0.39, 0.29) is 24.4 Å². The summed E-state index contributed by atoms with van der Waals surface area (Å²) in [7, 11) is 0. The average Bonchev–Trinajstić information content (AvgIpc) is 2.07. The fourth-order valence-corrected chi connectivity index (χ4v) is 1.84. The first-order valence-electron chi connectivity index (χ1n) is 4.74. The van der Waals surface area contributed by atoms with Crippen LogP contribution in [0.4, 0.5) is 0 Å². The molecule has 0 unspecified atom stereocenters. The van der Waals surface area contributed by atoms with Crippen molar-refractivity contribution in [3.05, 3.63) is 0 Å². The van der Waals surface area contributed by atoms with Crippen LogP contribution in [0.5, 0.6) is 0 Å². The van der Waals surface area contributed by atoms with Crippen LogP contribution < -0.4 is 5.32 Å². The van der Waals surface area contributed by atoms with Gasteiger partial charge in [-0.3, -0.25) is 9.59 Å². The van der Waals surface area contributed by atoms with Gasteiger partial charge in [0.25, 0.3) is 0 Å². The summed E-state index contributed by atoms with van der Waals surface area (Å²) in [5.74, 6) is -0.825. The molecule has 0 radical (unpaired) electrons. The quantitative estimate of drug-likeness (QED) is 0.640. The van der Waals surface area contributed by atoms with Gasteiger partial charge in [-0.05, 0) is 6.92 Å². The molecular formula is C9H16N2O3. The lowest BCUT2D eigenvalue weighted by Gasteiger charge is -2.39. The topological polar surface area (TPSA) is 69.6 Å².